The largest absolute Gasteiger partial charge is 0.315 e. The molecule has 0 radical (unpaired) electrons. The Balaban J connectivity index is 1.70. The molecule has 0 fully saturated rings. The van der Waals surface area contributed by atoms with E-state index in [-0.39, 0.29) is 28.9 Å². The lowest BCUT2D eigenvalue weighted by atomic mass is 10.2. The fourth-order valence-corrected chi connectivity index (χ4v) is 4.79. The first-order valence-electron chi connectivity index (χ1n) is 9.72. The molecule has 1 aliphatic rings. The molecule has 0 aliphatic carbocycles. The third-order valence-electron chi connectivity index (χ3n) is 5.26. The molecule has 0 atom stereocenters. The fraction of sp³-hybridized carbons (Fsp3) is 0.364. The van der Waals surface area contributed by atoms with Crippen LogP contribution in [0, 0.1) is 6.92 Å². The van der Waals surface area contributed by atoms with Crippen molar-refractivity contribution in [2.24, 2.45) is 0 Å². The van der Waals surface area contributed by atoms with E-state index < -0.39 is 9.84 Å². The van der Waals surface area contributed by atoms with Crippen molar-refractivity contribution < 1.29 is 18.0 Å². The van der Waals surface area contributed by atoms with Crippen LogP contribution in [-0.2, 0) is 25.8 Å². The number of aryl methyl sites for hydroxylation is 1. The third-order valence-corrected chi connectivity index (χ3v) is 6.97. The van der Waals surface area contributed by atoms with E-state index in [1.165, 1.54) is 11.0 Å². The molecule has 0 saturated carbocycles. The Morgan fingerprint density at radius 3 is 2.59 bits per heavy atom. The number of fused-ring (bicyclic) bond motifs is 1. The maximum Gasteiger partial charge on any atom is 0.227 e. The molecule has 154 valence electrons. The van der Waals surface area contributed by atoms with Gasteiger partial charge in [-0.25, -0.2) is 8.42 Å². The Bertz CT molecular complexity index is 1050. The van der Waals surface area contributed by atoms with E-state index in [4.69, 9.17) is 0 Å². The average Bonchev–Trinajstić information content (AvgIpc) is 3.14. The van der Waals surface area contributed by atoms with Crippen LogP contribution in [0.25, 0.3) is 0 Å². The van der Waals surface area contributed by atoms with Gasteiger partial charge in [0.05, 0.1) is 10.6 Å². The first-order valence-corrected chi connectivity index (χ1v) is 11.4. The topological polar surface area (TPSA) is 74.8 Å². The minimum absolute atomic E-state index is 0.0316. The molecule has 2 aromatic carbocycles. The van der Waals surface area contributed by atoms with Gasteiger partial charge in [0.25, 0.3) is 0 Å². The summed E-state index contributed by atoms with van der Waals surface area (Å²) in [5.41, 5.74) is 3.41. The van der Waals surface area contributed by atoms with Gasteiger partial charge in [-0.15, -0.1) is 0 Å². The predicted molar refractivity (Wildman–Crippen MR) is 114 cm³/mol. The number of amides is 2. The lowest BCUT2D eigenvalue weighted by Crippen LogP contribution is -2.28. The number of hydrogen-bond acceptors (Lipinski definition) is 4. The van der Waals surface area contributed by atoms with Gasteiger partial charge in [0.2, 0.25) is 11.8 Å². The molecule has 6 nitrogen and oxygen atoms in total. The summed E-state index contributed by atoms with van der Waals surface area (Å²) in [6.07, 6.45) is 0.958. The second kappa shape index (κ2) is 8.37. The van der Waals surface area contributed by atoms with Gasteiger partial charge >= 0.3 is 0 Å². The number of carbonyl (C=O) groups excluding carboxylic acids is 2. The molecular weight excluding hydrogens is 388 g/mol. The molecule has 0 N–H and O–H groups in total. The van der Waals surface area contributed by atoms with Gasteiger partial charge in [-0.05, 0) is 54.8 Å². The quantitative estimate of drug-likeness (QED) is 0.728. The van der Waals surface area contributed by atoms with Crippen molar-refractivity contribution in [1.29, 1.82) is 0 Å². The zero-order chi connectivity index (χ0) is 21.2. The second-order valence-electron chi connectivity index (χ2n) is 7.30. The lowest BCUT2D eigenvalue weighted by Gasteiger charge is -2.18. The summed E-state index contributed by atoms with van der Waals surface area (Å²) in [7, 11) is -1.94. The van der Waals surface area contributed by atoms with E-state index in [2.05, 4.69) is 0 Å². The number of benzene rings is 2. The van der Waals surface area contributed by atoms with Gasteiger partial charge in [-0.1, -0.05) is 19.1 Å². The van der Waals surface area contributed by atoms with Crippen LogP contribution in [0.3, 0.4) is 0 Å². The minimum atomic E-state index is -3.60. The Morgan fingerprint density at radius 2 is 1.90 bits per heavy atom. The van der Waals surface area contributed by atoms with Crippen molar-refractivity contribution in [2.45, 2.75) is 38.0 Å². The summed E-state index contributed by atoms with van der Waals surface area (Å²) >= 11 is 0. The molecule has 7 heteroatoms. The Morgan fingerprint density at radius 1 is 1.14 bits per heavy atom. The lowest BCUT2D eigenvalue weighted by molar-refractivity contribution is -0.118. The Labute approximate surface area is 172 Å². The summed E-state index contributed by atoms with van der Waals surface area (Å²) in [5.74, 6) is -0.470. The average molecular weight is 415 g/mol. The van der Waals surface area contributed by atoms with Gasteiger partial charge in [0.1, 0.15) is 0 Å². The van der Waals surface area contributed by atoms with Crippen molar-refractivity contribution >= 4 is 33.0 Å². The molecular formula is C22H26N2O4S. The highest BCUT2D eigenvalue weighted by molar-refractivity contribution is 7.91. The number of nitrogens with zero attached hydrogens (tertiary/aromatic N) is 2. The normalized spacial score (nSPS) is 13.3. The molecule has 0 aromatic heterocycles. The molecule has 2 aromatic rings. The number of carbonyl (C=O) groups is 2. The smallest absolute Gasteiger partial charge is 0.227 e. The molecule has 0 spiro atoms. The van der Waals surface area contributed by atoms with E-state index in [9.17, 15) is 18.0 Å². The van der Waals surface area contributed by atoms with Crippen molar-refractivity contribution in [3.8, 4) is 0 Å². The third kappa shape index (κ3) is 4.50. The van der Waals surface area contributed by atoms with E-state index >= 15 is 0 Å². The molecule has 1 aliphatic heterocycles. The van der Waals surface area contributed by atoms with Gasteiger partial charge in [-0.3, -0.25) is 9.59 Å². The van der Waals surface area contributed by atoms with E-state index in [0.717, 1.165) is 22.5 Å². The number of hydrogen-bond donors (Lipinski definition) is 0. The first kappa shape index (κ1) is 21.0. The zero-order valence-electron chi connectivity index (χ0n) is 17.0. The van der Waals surface area contributed by atoms with Gasteiger partial charge in [-0.2, -0.15) is 0 Å². The minimum Gasteiger partial charge on any atom is -0.315 e. The highest BCUT2D eigenvalue weighted by Crippen LogP contribution is 2.31. The Kier molecular flexibility index (Phi) is 6.07. The van der Waals surface area contributed by atoms with Crippen LogP contribution in [0.1, 0.15) is 30.9 Å². The van der Waals surface area contributed by atoms with Crippen LogP contribution >= 0.6 is 0 Å². The van der Waals surface area contributed by atoms with Crippen molar-refractivity contribution in [2.75, 3.05) is 29.1 Å². The maximum atomic E-state index is 12.8. The molecule has 0 saturated heterocycles. The molecule has 0 unspecified atom stereocenters. The molecule has 1 heterocycles. The number of rotatable bonds is 6. The zero-order valence-corrected chi connectivity index (χ0v) is 17.8. The second-order valence-corrected chi connectivity index (χ2v) is 9.41. The summed E-state index contributed by atoms with van der Waals surface area (Å²) < 4.78 is 25.5. The van der Waals surface area contributed by atoms with Crippen LogP contribution in [0.2, 0.25) is 0 Å². The van der Waals surface area contributed by atoms with Crippen molar-refractivity contribution in [3.63, 3.8) is 0 Å². The highest BCUT2D eigenvalue weighted by atomic mass is 32.2. The standard InChI is InChI=1S/C22H26N2O4S/c1-4-21(25)24-12-10-17-15-19(8-9-20(17)24)29(27,28)13-11-22(26)23(3)18-7-5-6-16(2)14-18/h5-9,14-15H,4,10-13H2,1-3H3. The number of anilines is 2. The maximum absolute atomic E-state index is 12.8. The SMILES string of the molecule is CCC(=O)N1CCc2cc(S(=O)(=O)CCC(=O)N(C)c3cccc(C)c3)ccc21. The molecule has 3 rings (SSSR count). The molecule has 2 amide bonds. The fourth-order valence-electron chi connectivity index (χ4n) is 3.51. The molecule has 0 bridgehead atoms. The summed E-state index contributed by atoms with van der Waals surface area (Å²) in [6, 6.07) is 12.4. The first-order chi connectivity index (χ1) is 13.7. The van der Waals surface area contributed by atoms with Gasteiger partial charge in [0.15, 0.2) is 9.84 Å². The monoisotopic (exact) mass is 414 g/mol. The Hall–Kier alpha value is -2.67. The van der Waals surface area contributed by atoms with Crippen molar-refractivity contribution in [3.05, 3.63) is 53.6 Å². The van der Waals surface area contributed by atoms with E-state index in [1.807, 2.05) is 38.1 Å². The van der Waals surface area contributed by atoms with Crippen LogP contribution in [0.5, 0.6) is 0 Å². The summed E-state index contributed by atoms with van der Waals surface area (Å²) in [4.78, 5) is 27.9. The molecule has 29 heavy (non-hydrogen) atoms. The highest BCUT2D eigenvalue weighted by Gasteiger charge is 2.26. The van der Waals surface area contributed by atoms with E-state index in [0.29, 0.717) is 19.4 Å². The van der Waals surface area contributed by atoms with Crippen LogP contribution in [0.15, 0.2) is 47.4 Å². The van der Waals surface area contributed by atoms with Gasteiger partial charge < -0.3 is 9.80 Å². The van der Waals surface area contributed by atoms with Gasteiger partial charge in [0, 0.05) is 37.8 Å². The predicted octanol–water partition coefficient (Wildman–Crippen LogP) is 3.12. The van der Waals surface area contributed by atoms with Crippen LogP contribution < -0.4 is 9.80 Å². The number of sulfone groups is 1. The van der Waals surface area contributed by atoms with Crippen LogP contribution in [-0.4, -0.2) is 39.6 Å². The van der Waals surface area contributed by atoms with Crippen molar-refractivity contribution in [1.82, 2.24) is 0 Å². The summed E-state index contributed by atoms with van der Waals surface area (Å²) in [5, 5.41) is 0. The summed E-state index contributed by atoms with van der Waals surface area (Å²) in [6.45, 7) is 4.32. The van der Waals surface area contributed by atoms with Crippen LogP contribution in [0.4, 0.5) is 11.4 Å². The van der Waals surface area contributed by atoms with E-state index in [1.54, 1.807) is 24.1 Å².